The summed E-state index contributed by atoms with van der Waals surface area (Å²) in [6.07, 6.45) is 0. The molecule has 152 valence electrons. The van der Waals surface area contributed by atoms with E-state index in [1.54, 1.807) is 18.2 Å². The van der Waals surface area contributed by atoms with E-state index >= 15 is 0 Å². The van der Waals surface area contributed by atoms with Crippen molar-refractivity contribution >= 4 is 39.0 Å². The van der Waals surface area contributed by atoms with Crippen molar-refractivity contribution in [1.82, 2.24) is 9.97 Å². The van der Waals surface area contributed by atoms with Crippen molar-refractivity contribution < 1.29 is 9.53 Å². The van der Waals surface area contributed by atoms with Gasteiger partial charge >= 0.3 is 5.69 Å². The summed E-state index contributed by atoms with van der Waals surface area (Å²) in [5.41, 5.74) is 3.86. The molecule has 0 bridgehead atoms. The average Bonchev–Trinajstić information content (AvgIpc) is 3.38. The standard InChI is InChI=1S/C22H20N4O3S/c27-20(23-15-6-7-17-18(12-15)25-22(28)24-17)19-13-16(14-4-2-1-3-5-14)21(30-19)26-8-10-29-11-9-26/h1-7,12-13H,8-11H2,(H,23,27)(H2,24,25,28). The van der Waals surface area contributed by atoms with E-state index in [1.165, 1.54) is 11.3 Å². The maximum atomic E-state index is 13.0. The third-order valence-corrected chi connectivity index (χ3v) is 6.29. The number of carbonyl (C=O) groups is 1. The predicted octanol–water partition coefficient (Wildman–Crippen LogP) is 3.67. The fourth-order valence-corrected chi connectivity index (χ4v) is 4.75. The van der Waals surface area contributed by atoms with Crippen LogP contribution in [0.4, 0.5) is 10.7 Å². The molecule has 0 radical (unpaired) electrons. The van der Waals surface area contributed by atoms with Gasteiger partial charge in [0.15, 0.2) is 0 Å². The Morgan fingerprint density at radius 2 is 1.77 bits per heavy atom. The van der Waals surface area contributed by atoms with Crippen molar-refractivity contribution in [3.63, 3.8) is 0 Å². The van der Waals surface area contributed by atoms with E-state index in [9.17, 15) is 9.59 Å². The molecule has 2 aromatic carbocycles. The van der Waals surface area contributed by atoms with E-state index < -0.39 is 0 Å². The summed E-state index contributed by atoms with van der Waals surface area (Å²) in [6.45, 7) is 2.98. The monoisotopic (exact) mass is 420 g/mol. The molecule has 4 aromatic rings. The van der Waals surface area contributed by atoms with Crippen LogP contribution in [0.3, 0.4) is 0 Å². The molecule has 0 unspecified atom stereocenters. The van der Waals surface area contributed by atoms with Gasteiger partial charge in [-0.05, 0) is 29.8 Å². The Hall–Kier alpha value is -3.36. The number of amides is 1. The summed E-state index contributed by atoms with van der Waals surface area (Å²) in [6, 6.07) is 17.4. The Morgan fingerprint density at radius 1 is 1.00 bits per heavy atom. The molecule has 3 N–H and O–H groups in total. The summed E-state index contributed by atoms with van der Waals surface area (Å²) in [5.74, 6) is -0.172. The van der Waals surface area contributed by atoms with Gasteiger partial charge in [-0.1, -0.05) is 30.3 Å². The summed E-state index contributed by atoms with van der Waals surface area (Å²) >= 11 is 1.49. The lowest BCUT2D eigenvalue weighted by Crippen LogP contribution is -2.35. The van der Waals surface area contributed by atoms with Gasteiger partial charge in [0.1, 0.15) is 0 Å². The van der Waals surface area contributed by atoms with Gasteiger partial charge in [0.2, 0.25) is 0 Å². The second kappa shape index (κ2) is 7.81. The number of H-pyrrole nitrogens is 2. The number of benzene rings is 2. The first-order valence-corrected chi connectivity index (χ1v) is 10.5. The molecule has 1 aliphatic rings. The SMILES string of the molecule is O=C(Nc1ccc2[nH]c(=O)[nH]c2c1)c1cc(-c2ccccc2)c(N2CCOCC2)s1. The van der Waals surface area contributed by atoms with Gasteiger partial charge in [-0.2, -0.15) is 0 Å². The summed E-state index contributed by atoms with van der Waals surface area (Å²) in [5, 5.41) is 4.03. The predicted molar refractivity (Wildman–Crippen MR) is 120 cm³/mol. The van der Waals surface area contributed by atoms with Crippen molar-refractivity contribution in [2.45, 2.75) is 0 Å². The van der Waals surface area contributed by atoms with Crippen molar-refractivity contribution in [3.8, 4) is 11.1 Å². The molecule has 1 aliphatic heterocycles. The number of carbonyl (C=O) groups excluding carboxylic acids is 1. The minimum atomic E-state index is -0.269. The van der Waals surface area contributed by atoms with Crippen molar-refractivity contribution in [2.75, 3.05) is 36.5 Å². The number of ether oxygens (including phenoxy) is 1. The van der Waals surface area contributed by atoms with Crippen LogP contribution >= 0.6 is 11.3 Å². The molecule has 1 fully saturated rings. The molecule has 30 heavy (non-hydrogen) atoms. The molecular weight excluding hydrogens is 400 g/mol. The highest BCUT2D eigenvalue weighted by atomic mass is 32.1. The zero-order valence-corrected chi connectivity index (χ0v) is 16.9. The highest BCUT2D eigenvalue weighted by Gasteiger charge is 2.22. The topological polar surface area (TPSA) is 90.2 Å². The molecule has 8 heteroatoms. The molecule has 1 saturated heterocycles. The lowest BCUT2D eigenvalue weighted by Gasteiger charge is -2.28. The van der Waals surface area contributed by atoms with E-state index in [2.05, 4.69) is 32.3 Å². The highest BCUT2D eigenvalue weighted by molar-refractivity contribution is 7.18. The molecule has 0 atom stereocenters. The average molecular weight is 420 g/mol. The van der Waals surface area contributed by atoms with Gasteiger partial charge in [-0.25, -0.2) is 4.79 Å². The number of aromatic amines is 2. The Labute approximate surface area is 176 Å². The first-order chi connectivity index (χ1) is 14.7. The lowest BCUT2D eigenvalue weighted by molar-refractivity contribution is 0.103. The Kier molecular flexibility index (Phi) is 4.86. The van der Waals surface area contributed by atoms with Crippen LogP contribution in [-0.4, -0.2) is 42.2 Å². The third kappa shape index (κ3) is 3.62. The molecule has 2 aromatic heterocycles. The fourth-order valence-electron chi connectivity index (χ4n) is 3.62. The number of morpholine rings is 1. The van der Waals surface area contributed by atoms with Crippen LogP contribution in [0.1, 0.15) is 9.67 Å². The molecular formula is C22H20N4O3S. The van der Waals surface area contributed by atoms with Crippen molar-refractivity contribution in [2.24, 2.45) is 0 Å². The lowest BCUT2D eigenvalue weighted by atomic mass is 10.1. The molecule has 0 spiro atoms. The fraction of sp³-hybridized carbons (Fsp3) is 0.182. The molecule has 0 aliphatic carbocycles. The summed E-state index contributed by atoms with van der Waals surface area (Å²) in [4.78, 5) is 32.8. The third-order valence-electron chi connectivity index (χ3n) is 5.09. The zero-order chi connectivity index (χ0) is 20.5. The van der Waals surface area contributed by atoms with Gasteiger partial charge in [-0.15, -0.1) is 11.3 Å². The maximum Gasteiger partial charge on any atom is 0.323 e. The van der Waals surface area contributed by atoms with Gasteiger partial charge in [0.05, 0.1) is 34.1 Å². The van der Waals surface area contributed by atoms with E-state index in [0.717, 1.165) is 29.2 Å². The van der Waals surface area contributed by atoms with Crippen LogP contribution in [0.25, 0.3) is 22.2 Å². The molecule has 1 amide bonds. The first kappa shape index (κ1) is 18.7. The summed E-state index contributed by atoms with van der Waals surface area (Å²) in [7, 11) is 0. The molecule has 7 nitrogen and oxygen atoms in total. The normalized spacial score (nSPS) is 14.2. The number of fused-ring (bicyclic) bond motifs is 1. The number of rotatable bonds is 4. The van der Waals surface area contributed by atoms with Crippen molar-refractivity contribution in [3.05, 3.63) is 70.0 Å². The number of hydrogen-bond donors (Lipinski definition) is 3. The molecule has 0 saturated carbocycles. The number of anilines is 2. The zero-order valence-electron chi connectivity index (χ0n) is 16.1. The van der Waals surface area contributed by atoms with E-state index in [4.69, 9.17) is 4.74 Å². The van der Waals surface area contributed by atoms with Crippen LogP contribution in [0, 0.1) is 0 Å². The van der Waals surface area contributed by atoms with Crippen LogP contribution in [0.15, 0.2) is 59.4 Å². The van der Waals surface area contributed by atoms with E-state index in [0.29, 0.717) is 34.8 Å². The maximum absolute atomic E-state index is 13.0. The number of nitrogens with zero attached hydrogens (tertiary/aromatic N) is 1. The Morgan fingerprint density at radius 3 is 2.57 bits per heavy atom. The quantitative estimate of drug-likeness (QED) is 0.470. The molecule has 5 rings (SSSR count). The minimum absolute atomic E-state index is 0.172. The summed E-state index contributed by atoms with van der Waals surface area (Å²) < 4.78 is 5.49. The number of thiophene rings is 1. The van der Waals surface area contributed by atoms with Crippen LogP contribution in [-0.2, 0) is 4.74 Å². The highest BCUT2D eigenvalue weighted by Crippen LogP contribution is 2.39. The number of nitrogens with one attached hydrogen (secondary N) is 3. The number of imidazole rings is 1. The van der Waals surface area contributed by atoms with Gasteiger partial charge < -0.3 is 24.9 Å². The smallest absolute Gasteiger partial charge is 0.323 e. The second-order valence-corrected chi connectivity index (χ2v) is 8.12. The Bertz CT molecular complexity index is 1250. The van der Waals surface area contributed by atoms with Gasteiger partial charge in [0.25, 0.3) is 5.91 Å². The molecule has 3 heterocycles. The van der Waals surface area contributed by atoms with Gasteiger partial charge in [0, 0.05) is 24.3 Å². The largest absolute Gasteiger partial charge is 0.378 e. The van der Waals surface area contributed by atoms with Crippen LogP contribution in [0.5, 0.6) is 0 Å². The van der Waals surface area contributed by atoms with Gasteiger partial charge in [-0.3, -0.25) is 4.79 Å². The minimum Gasteiger partial charge on any atom is -0.378 e. The number of aromatic nitrogens is 2. The first-order valence-electron chi connectivity index (χ1n) is 9.73. The van der Waals surface area contributed by atoms with Crippen LogP contribution in [0.2, 0.25) is 0 Å². The Balaban J connectivity index is 1.47. The van der Waals surface area contributed by atoms with Crippen LogP contribution < -0.4 is 15.9 Å². The number of hydrogen-bond acceptors (Lipinski definition) is 5. The van der Waals surface area contributed by atoms with Crippen molar-refractivity contribution in [1.29, 1.82) is 0 Å². The second-order valence-electron chi connectivity index (χ2n) is 7.09. The van der Waals surface area contributed by atoms with E-state index in [-0.39, 0.29) is 11.6 Å². The van der Waals surface area contributed by atoms with E-state index in [1.807, 2.05) is 24.3 Å².